The zero-order valence-electron chi connectivity index (χ0n) is 26.1. The monoisotopic (exact) mass is 533 g/mol. The lowest BCUT2D eigenvalue weighted by atomic mass is 10.0. The van der Waals surface area contributed by atoms with Crippen molar-refractivity contribution in [1.82, 2.24) is 0 Å². The molecule has 0 N–H and O–H groups in total. The van der Waals surface area contributed by atoms with Crippen LogP contribution >= 0.6 is 0 Å². The molecule has 0 spiro atoms. The Balaban J connectivity index is 3.25. The number of carbonyl (C=O) groups excluding carboxylic acids is 1. The molecule has 0 radical (unpaired) electrons. The van der Waals surface area contributed by atoms with Gasteiger partial charge in [0.2, 0.25) is 0 Å². The van der Waals surface area contributed by atoms with Gasteiger partial charge in [0.05, 0.1) is 6.61 Å². The zero-order chi connectivity index (χ0) is 27.6. The van der Waals surface area contributed by atoms with Crippen LogP contribution in [0.25, 0.3) is 0 Å². The highest BCUT2D eigenvalue weighted by molar-refractivity contribution is 5.81. The molecule has 0 fully saturated rings. The molecule has 0 atom stereocenters. The molecule has 0 aliphatic heterocycles. The van der Waals surface area contributed by atoms with E-state index in [2.05, 4.69) is 26.0 Å². The molecule has 0 aromatic heterocycles. The molecule has 38 heavy (non-hydrogen) atoms. The van der Waals surface area contributed by atoms with Gasteiger partial charge in [0.1, 0.15) is 0 Å². The Kier molecular flexibility index (Phi) is 33.0. The maximum atomic E-state index is 11.8. The number of allylic oxidation sites excluding steroid dienone is 3. The highest BCUT2D eigenvalue weighted by Crippen LogP contribution is 2.14. The fourth-order valence-electron chi connectivity index (χ4n) is 5.03. The highest BCUT2D eigenvalue weighted by atomic mass is 16.5. The van der Waals surface area contributed by atoms with E-state index in [-0.39, 0.29) is 5.97 Å². The van der Waals surface area contributed by atoms with Gasteiger partial charge in [-0.2, -0.15) is 0 Å². The summed E-state index contributed by atoms with van der Waals surface area (Å²) in [6, 6.07) is 0. The number of esters is 1. The van der Waals surface area contributed by atoms with Crippen LogP contribution < -0.4 is 0 Å². The summed E-state index contributed by atoms with van der Waals surface area (Å²) in [7, 11) is 0. The van der Waals surface area contributed by atoms with Crippen molar-refractivity contribution in [2.75, 3.05) is 6.61 Å². The van der Waals surface area contributed by atoms with Gasteiger partial charge in [0.25, 0.3) is 0 Å². The van der Waals surface area contributed by atoms with Crippen molar-refractivity contribution in [2.24, 2.45) is 0 Å². The summed E-state index contributed by atoms with van der Waals surface area (Å²) in [4.78, 5) is 11.8. The average molecular weight is 533 g/mol. The topological polar surface area (TPSA) is 26.3 Å². The number of carbonyl (C=O) groups is 1. The Labute approximate surface area is 239 Å². The van der Waals surface area contributed by atoms with Crippen LogP contribution in [0.2, 0.25) is 0 Å². The Bertz CT molecular complexity index is 507. The maximum absolute atomic E-state index is 11.8. The fourth-order valence-corrected chi connectivity index (χ4v) is 5.03. The molecule has 0 aliphatic carbocycles. The van der Waals surface area contributed by atoms with Gasteiger partial charge in [0, 0.05) is 6.08 Å². The van der Waals surface area contributed by atoms with Gasteiger partial charge in [-0.05, 0) is 44.9 Å². The number of rotatable bonds is 31. The Morgan fingerprint density at radius 3 is 1.16 bits per heavy atom. The van der Waals surface area contributed by atoms with Gasteiger partial charge in [-0.25, -0.2) is 4.79 Å². The summed E-state index contributed by atoms with van der Waals surface area (Å²) >= 11 is 0. The van der Waals surface area contributed by atoms with Gasteiger partial charge < -0.3 is 4.74 Å². The van der Waals surface area contributed by atoms with E-state index in [4.69, 9.17) is 4.74 Å². The van der Waals surface area contributed by atoms with E-state index in [1.807, 2.05) is 6.08 Å². The van der Waals surface area contributed by atoms with Crippen LogP contribution in [0.15, 0.2) is 24.3 Å². The fraction of sp³-hybridized carbons (Fsp3) is 0.861. The second kappa shape index (κ2) is 34.0. The molecule has 0 unspecified atom stereocenters. The first-order valence-corrected chi connectivity index (χ1v) is 17.3. The molecule has 0 saturated carbocycles. The van der Waals surface area contributed by atoms with Gasteiger partial charge in [-0.3, -0.25) is 0 Å². The number of hydrogen-bond acceptors (Lipinski definition) is 2. The second-order valence-electron chi connectivity index (χ2n) is 11.5. The first-order chi connectivity index (χ1) is 18.8. The van der Waals surface area contributed by atoms with Crippen molar-refractivity contribution in [3.63, 3.8) is 0 Å². The summed E-state index contributed by atoms with van der Waals surface area (Å²) < 4.78 is 5.34. The minimum Gasteiger partial charge on any atom is -0.463 e. The number of unbranched alkanes of at least 4 members (excludes halogenated alkanes) is 25. The summed E-state index contributed by atoms with van der Waals surface area (Å²) in [6.07, 6.45) is 45.5. The van der Waals surface area contributed by atoms with Crippen molar-refractivity contribution in [3.05, 3.63) is 24.3 Å². The number of ether oxygens (including phenoxy) is 1. The standard InChI is InChI=1S/C36H68O2/c1-3-5-7-9-11-13-15-17-19-20-21-22-24-26-28-30-32-34-36(37)38-35-33-31-29-27-25-23-18-16-14-12-10-8-6-4-2/h14,16,32,34H,3-13,15,17-31,33,35H2,1-2H3/b16-14-,34-32?. The third-order valence-corrected chi connectivity index (χ3v) is 7.63. The first kappa shape index (κ1) is 37.0. The van der Waals surface area contributed by atoms with Crippen molar-refractivity contribution in [2.45, 2.75) is 194 Å². The van der Waals surface area contributed by atoms with Gasteiger partial charge in [-0.15, -0.1) is 0 Å². The largest absolute Gasteiger partial charge is 0.463 e. The van der Waals surface area contributed by atoms with Gasteiger partial charge in [0.15, 0.2) is 0 Å². The minimum atomic E-state index is -0.160. The van der Waals surface area contributed by atoms with Crippen LogP contribution in [0.4, 0.5) is 0 Å². The van der Waals surface area contributed by atoms with Gasteiger partial charge >= 0.3 is 5.97 Å². The predicted molar refractivity (Wildman–Crippen MR) is 170 cm³/mol. The van der Waals surface area contributed by atoms with E-state index in [9.17, 15) is 4.79 Å². The maximum Gasteiger partial charge on any atom is 0.330 e. The third-order valence-electron chi connectivity index (χ3n) is 7.63. The minimum absolute atomic E-state index is 0.160. The molecule has 224 valence electrons. The van der Waals surface area contributed by atoms with Crippen LogP contribution in [0.3, 0.4) is 0 Å². The number of hydrogen-bond donors (Lipinski definition) is 0. The molecule has 0 heterocycles. The Morgan fingerprint density at radius 2 is 0.737 bits per heavy atom. The van der Waals surface area contributed by atoms with E-state index < -0.39 is 0 Å². The molecule has 0 aliphatic rings. The molecule has 2 heteroatoms. The van der Waals surface area contributed by atoms with Crippen LogP contribution in [0, 0.1) is 0 Å². The van der Waals surface area contributed by atoms with Crippen LogP contribution in [0.5, 0.6) is 0 Å². The lowest BCUT2D eigenvalue weighted by Crippen LogP contribution is -2.02. The zero-order valence-corrected chi connectivity index (χ0v) is 26.1. The first-order valence-electron chi connectivity index (χ1n) is 17.3. The Hall–Kier alpha value is -1.05. The van der Waals surface area contributed by atoms with Crippen molar-refractivity contribution in [1.29, 1.82) is 0 Å². The SMILES string of the molecule is CCCCCC/C=C\CCCCCCCCOC(=O)C=CCCCCCCCCCCCCCCCCC. The van der Waals surface area contributed by atoms with E-state index in [1.165, 1.54) is 167 Å². The van der Waals surface area contributed by atoms with Crippen molar-refractivity contribution < 1.29 is 9.53 Å². The molecule has 0 rings (SSSR count). The highest BCUT2D eigenvalue weighted by Gasteiger charge is 1.98. The van der Waals surface area contributed by atoms with Crippen molar-refractivity contribution >= 4 is 5.97 Å². The Morgan fingerprint density at radius 1 is 0.421 bits per heavy atom. The van der Waals surface area contributed by atoms with Gasteiger partial charge in [-0.1, -0.05) is 167 Å². The molecule has 0 aromatic carbocycles. The van der Waals surface area contributed by atoms with Crippen LogP contribution in [-0.4, -0.2) is 12.6 Å². The summed E-state index contributed by atoms with van der Waals surface area (Å²) in [6.45, 7) is 5.13. The molecule has 0 bridgehead atoms. The van der Waals surface area contributed by atoms with E-state index in [0.29, 0.717) is 6.61 Å². The summed E-state index contributed by atoms with van der Waals surface area (Å²) in [5, 5.41) is 0. The molecular formula is C36H68O2. The lowest BCUT2D eigenvalue weighted by Gasteiger charge is -2.03. The molecule has 0 aromatic rings. The summed E-state index contributed by atoms with van der Waals surface area (Å²) in [5.74, 6) is -0.160. The molecular weight excluding hydrogens is 464 g/mol. The van der Waals surface area contributed by atoms with Crippen LogP contribution in [0.1, 0.15) is 194 Å². The summed E-state index contributed by atoms with van der Waals surface area (Å²) in [5.41, 5.74) is 0. The molecule has 0 saturated heterocycles. The van der Waals surface area contributed by atoms with E-state index in [0.717, 1.165) is 12.8 Å². The molecule has 0 amide bonds. The van der Waals surface area contributed by atoms with Crippen LogP contribution in [-0.2, 0) is 9.53 Å². The lowest BCUT2D eigenvalue weighted by molar-refractivity contribution is -0.137. The predicted octanol–water partition coefficient (Wildman–Crippen LogP) is 12.6. The van der Waals surface area contributed by atoms with E-state index >= 15 is 0 Å². The van der Waals surface area contributed by atoms with E-state index in [1.54, 1.807) is 6.08 Å². The second-order valence-corrected chi connectivity index (χ2v) is 11.5. The van der Waals surface area contributed by atoms with Crippen molar-refractivity contribution in [3.8, 4) is 0 Å². The normalized spacial score (nSPS) is 11.7. The quantitative estimate of drug-likeness (QED) is 0.0384. The average Bonchev–Trinajstić information content (AvgIpc) is 2.92. The smallest absolute Gasteiger partial charge is 0.330 e. The third kappa shape index (κ3) is 33.0. The molecule has 2 nitrogen and oxygen atoms in total.